The SMILES string of the molecule is CC(=O)[C@@H]1CC[C@H]2[C@@H]3CCC4=CC(=O)CC[C@]4(C)[C@H]3[C@@H](O)C[C@]12C. The van der Waals surface area contributed by atoms with Gasteiger partial charge >= 0.3 is 0 Å². The van der Waals surface area contributed by atoms with Gasteiger partial charge in [0.25, 0.3) is 0 Å². The summed E-state index contributed by atoms with van der Waals surface area (Å²) in [6, 6.07) is 0. The average molecular weight is 330 g/mol. The Kier molecular flexibility index (Phi) is 3.62. The van der Waals surface area contributed by atoms with Gasteiger partial charge in [-0.05, 0) is 80.1 Å². The van der Waals surface area contributed by atoms with Crippen molar-refractivity contribution < 1.29 is 14.7 Å². The van der Waals surface area contributed by atoms with E-state index < -0.39 is 0 Å². The number of fused-ring (bicyclic) bond motifs is 5. The first-order valence-electron chi connectivity index (χ1n) is 9.70. The van der Waals surface area contributed by atoms with Crippen LogP contribution in [0.5, 0.6) is 0 Å². The van der Waals surface area contributed by atoms with Crippen LogP contribution in [0.2, 0.25) is 0 Å². The van der Waals surface area contributed by atoms with Crippen LogP contribution in [-0.2, 0) is 9.59 Å². The lowest BCUT2D eigenvalue weighted by Gasteiger charge is -2.59. The standard InChI is InChI=1S/C21H30O3/c1-12(22)16-6-7-17-15-5-4-13-10-14(23)8-9-20(13,2)19(15)18(24)11-21(16,17)3/h10,15-19,24H,4-9,11H2,1-3H3/t15-,16-,17-,18-,19+,20-,21+/m0/s1. The molecule has 4 aliphatic carbocycles. The topological polar surface area (TPSA) is 54.4 Å². The number of carbonyl (C=O) groups excluding carboxylic acids is 2. The molecule has 24 heavy (non-hydrogen) atoms. The Labute approximate surface area is 144 Å². The monoisotopic (exact) mass is 330 g/mol. The van der Waals surface area contributed by atoms with Crippen molar-refractivity contribution in [3.05, 3.63) is 11.6 Å². The second kappa shape index (κ2) is 5.27. The van der Waals surface area contributed by atoms with Crippen LogP contribution < -0.4 is 0 Å². The average Bonchev–Trinajstić information content (AvgIpc) is 2.84. The van der Waals surface area contributed by atoms with Gasteiger partial charge in [0.15, 0.2) is 5.78 Å². The number of aliphatic hydroxyl groups is 1. The van der Waals surface area contributed by atoms with Crippen molar-refractivity contribution in [2.75, 3.05) is 0 Å². The molecule has 4 rings (SSSR count). The molecular weight excluding hydrogens is 300 g/mol. The Morgan fingerprint density at radius 3 is 2.67 bits per heavy atom. The van der Waals surface area contributed by atoms with E-state index >= 15 is 0 Å². The Morgan fingerprint density at radius 2 is 1.96 bits per heavy atom. The summed E-state index contributed by atoms with van der Waals surface area (Å²) < 4.78 is 0. The van der Waals surface area contributed by atoms with Crippen molar-refractivity contribution in [2.24, 2.45) is 34.5 Å². The number of rotatable bonds is 1. The molecule has 0 aromatic heterocycles. The minimum absolute atomic E-state index is 0.0219. The zero-order chi connectivity index (χ0) is 17.3. The van der Waals surface area contributed by atoms with Crippen molar-refractivity contribution in [3.8, 4) is 0 Å². The number of aliphatic hydroxyl groups excluding tert-OH is 1. The fourth-order valence-corrected chi connectivity index (χ4v) is 7.35. The summed E-state index contributed by atoms with van der Waals surface area (Å²) in [7, 11) is 0. The maximum absolute atomic E-state index is 12.2. The lowest BCUT2D eigenvalue weighted by molar-refractivity contribution is -0.143. The molecule has 3 nitrogen and oxygen atoms in total. The summed E-state index contributed by atoms with van der Waals surface area (Å²) >= 11 is 0. The van der Waals surface area contributed by atoms with Crippen LogP contribution in [-0.4, -0.2) is 22.8 Å². The number of hydrogen-bond acceptors (Lipinski definition) is 3. The van der Waals surface area contributed by atoms with E-state index in [1.54, 1.807) is 6.92 Å². The van der Waals surface area contributed by atoms with Crippen molar-refractivity contribution in [1.82, 2.24) is 0 Å². The third-order valence-corrected chi connectivity index (χ3v) is 8.38. The lowest BCUT2D eigenvalue weighted by Crippen LogP contribution is -2.56. The fourth-order valence-electron chi connectivity index (χ4n) is 7.35. The summed E-state index contributed by atoms with van der Waals surface area (Å²) in [5.41, 5.74) is 1.23. The van der Waals surface area contributed by atoms with Gasteiger partial charge in [-0.3, -0.25) is 9.59 Å². The smallest absolute Gasteiger partial charge is 0.155 e. The molecule has 0 aromatic rings. The second-order valence-corrected chi connectivity index (χ2v) is 9.41. The molecule has 4 aliphatic rings. The maximum atomic E-state index is 12.2. The molecule has 1 N–H and O–H groups in total. The van der Waals surface area contributed by atoms with Crippen molar-refractivity contribution in [2.45, 2.75) is 71.8 Å². The van der Waals surface area contributed by atoms with Crippen molar-refractivity contribution >= 4 is 11.6 Å². The fraction of sp³-hybridized carbons (Fsp3) is 0.810. The molecule has 0 heterocycles. The Hall–Kier alpha value is -0.960. The Balaban J connectivity index is 1.72. The molecule has 0 aliphatic heterocycles. The summed E-state index contributed by atoms with van der Waals surface area (Å²) in [5, 5.41) is 11.2. The zero-order valence-electron chi connectivity index (χ0n) is 15.2. The van der Waals surface area contributed by atoms with Crippen molar-refractivity contribution in [3.63, 3.8) is 0 Å². The van der Waals surface area contributed by atoms with Crippen LogP contribution in [0, 0.1) is 34.5 Å². The van der Waals surface area contributed by atoms with E-state index in [9.17, 15) is 14.7 Å². The third kappa shape index (κ3) is 2.06. The third-order valence-electron chi connectivity index (χ3n) is 8.38. The first-order chi connectivity index (χ1) is 11.3. The molecule has 0 saturated heterocycles. The molecule has 132 valence electrons. The zero-order valence-corrected chi connectivity index (χ0v) is 15.2. The summed E-state index contributed by atoms with van der Waals surface area (Å²) in [6.45, 7) is 6.27. The highest BCUT2D eigenvalue weighted by Gasteiger charge is 2.62. The number of hydrogen-bond donors (Lipinski definition) is 1. The number of carbonyl (C=O) groups is 2. The molecule has 0 aromatic carbocycles. The minimum atomic E-state index is -0.349. The summed E-state index contributed by atoms with van der Waals surface area (Å²) in [4.78, 5) is 24.0. The normalized spacial score (nSPS) is 50.6. The van der Waals surface area contributed by atoms with E-state index in [-0.39, 0.29) is 34.6 Å². The number of allylic oxidation sites excluding steroid dienone is 1. The van der Waals surface area contributed by atoms with E-state index in [0.29, 0.717) is 24.0 Å². The molecule has 0 radical (unpaired) electrons. The molecule has 0 spiro atoms. The molecule has 0 amide bonds. The first-order valence-corrected chi connectivity index (χ1v) is 9.70. The van der Waals surface area contributed by atoms with E-state index in [4.69, 9.17) is 0 Å². The van der Waals surface area contributed by atoms with Gasteiger partial charge in [-0.1, -0.05) is 19.4 Å². The molecule has 3 heteroatoms. The van der Waals surface area contributed by atoms with Gasteiger partial charge in [0.05, 0.1) is 6.10 Å². The highest BCUT2D eigenvalue weighted by atomic mass is 16.3. The minimum Gasteiger partial charge on any atom is -0.393 e. The second-order valence-electron chi connectivity index (χ2n) is 9.41. The van der Waals surface area contributed by atoms with Crippen LogP contribution in [0.3, 0.4) is 0 Å². The van der Waals surface area contributed by atoms with E-state index in [1.807, 2.05) is 6.08 Å². The lowest BCUT2D eigenvalue weighted by atomic mass is 9.46. The van der Waals surface area contributed by atoms with E-state index in [0.717, 1.165) is 38.5 Å². The van der Waals surface area contributed by atoms with Crippen LogP contribution >= 0.6 is 0 Å². The largest absolute Gasteiger partial charge is 0.393 e. The van der Waals surface area contributed by atoms with E-state index in [1.165, 1.54) is 5.57 Å². The Morgan fingerprint density at radius 1 is 1.21 bits per heavy atom. The van der Waals surface area contributed by atoms with Crippen molar-refractivity contribution in [1.29, 1.82) is 0 Å². The summed E-state index contributed by atoms with van der Waals surface area (Å²) in [6.07, 6.45) is 7.97. The van der Waals surface area contributed by atoms with Gasteiger partial charge in [-0.15, -0.1) is 0 Å². The van der Waals surface area contributed by atoms with Gasteiger partial charge in [0.2, 0.25) is 0 Å². The highest BCUT2D eigenvalue weighted by Crippen LogP contribution is 2.66. The predicted octanol–water partition coefficient (Wildman–Crippen LogP) is 3.69. The van der Waals surface area contributed by atoms with Gasteiger partial charge in [-0.2, -0.15) is 0 Å². The van der Waals surface area contributed by atoms with Gasteiger partial charge < -0.3 is 5.11 Å². The molecule has 0 bridgehead atoms. The Bertz CT molecular complexity index is 621. The number of ketones is 2. The maximum Gasteiger partial charge on any atom is 0.155 e. The first kappa shape index (κ1) is 16.5. The molecular formula is C21H30O3. The summed E-state index contributed by atoms with van der Waals surface area (Å²) in [5.74, 6) is 1.99. The number of Topliss-reactive ketones (excluding diaryl/α,β-unsaturated/α-hetero) is 1. The van der Waals surface area contributed by atoms with Crippen LogP contribution in [0.15, 0.2) is 11.6 Å². The van der Waals surface area contributed by atoms with E-state index in [2.05, 4.69) is 13.8 Å². The predicted molar refractivity (Wildman–Crippen MR) is 92.3 cm³/mol. The van der Waals surface area contributed by atoms with Crippen LogP contribution in [0.1, 0.15) is 65.7 Å². The van der Waals surface area contributed by atoms with Crippen LogP contribution in [0.4, 0.5) is 0 Å². The molecule has 3 saturated carbocycles. The van der Waals surface area contributed by atoms with Gasteiger partial charge in [0.1, 0.15) is 5.78 Å². The quantitative estimate of drug-likeness (QED) is 0.797. The van der Waals surface area contributed by atoms with Crippen LogP contribution in [0.25, 0.3) is 0 Å². The molecule has 3 fully saturated rings. The highest BCUT2D eigenvalue weighted by molar-refractivity contribution is 5.91. The molecule has 0 unspecified atom stereocenters. The van der Waals surface area contributed by atoms with Gasteiger partial charge in [-0.25, -0.2) is 0 Å². The van der Waals surface area contributed by atoms with Gasteiger partial charge in [0, 0.05) is 12.3 Å². The molecule has 7 atom stereocenters.